The van der Waals surface area contributed by atoms with Crippen molar-refractivity contribution in [2.45, 2.75) is 62.5 Å². The zero-order valence-electron chi connectivity index (χ0n) is 21.4. The van der Waals surface area contributed by atoms with Gasteiger partial charge < -0.3 is 14.2 Å². The largest absolute Gasteiger partial charge is 0.383 e. The van der Waals surface area contributed by atoms with E-state index in [-0.39, 0.29) is 48.1 Å². The van der Waals surface area contributed by atoms with Crippen LogP contribution in [-0.4, -0.2) is 49.0 Å². The molecule has 7 nitrogen and oxygen atoms in total. The van der Waals surface area contributed by atoms with E-state index in [2.05, 4.69) is 4.98 Å². The van der Waals surface area contributed by atoms with Gasteiger partial charge in [0.15, 0.2) is 0 Å². The SMILES string of the molecule is COCCN(Cc1cnc(S(=O)(=O)Cc2cccc(C)c2)n1C1CCCCC1)C(=O)c1cccc(F)c1. The summed E-state index contributed by atoms with van der Waals surface area (Å²) in [6.07, 6.45) is 6.41. The van der Waals surface area contributed by atoms with Gasteiger partial charge in [-0.05, 0) is 43.5 Å². The topological polar surface area (TPSA) is 81.5 Å². The number of benzene rings is 2. The molecule has 0 spiro atoms. The number of hydrogen-bond donors (Lipinski definition) is 0. The van der Waals surface area contributed by atoms with Crippen LogP contribution in [0.25, 0.3) is 0 Å². The third kappa shape index (κ3) is 6.64. The Morgan fingerprint density at radius 3 is 2.59 bits per heavy atom. The standard InChI is InChI=1S/C28H34FN3O4S/c1-21-8-6-9-22(16-21)20-37(34,35)28-30-18-26(32(28)25-12-4-3-5-13-25)19-31(14-15-36-2)27(33)23-10-7-11-24(29)17-23/h6-11,16-18,25H,3-5,12-15,19-20H2,1-2H3. The van der Waals surface area contributed by atoms with Gasteiger partial charge in [-0.3, -0.25) is 4.79 Å². The molecular weight excluding hydrogens is 493 g/mol. The number of sulfone groups is 1. The van der Waals surface area contributed by atoms with Crippen molar-refractivity contribution in [2.24, 2.45) is 0 Å². The molecule has 3 aromatic rings. The molecule has 198 valence electrons. The first-order chi connectivity index (χ1) is 17.8. The van der Waals surface area contributed by atoms with Gasteiger partial charge in [0.2, 0.25) is 15.0 Å². The third-order valence-corrected chi connectivity index (χ3v) is 8.35. The molecule has 1 aromatic heterocycles. The summed E-state index contributed by atoms with van der Waals surface area (Å²) in [5.41, 5.74) is 2.58. The van der Waals surface area contributed by atoms with E-state index in [0.29, 0.717) is 11.3 Å². The van der Waals surface area contributed by atoms with Crippen LogP contribution in [0.2, 0.25) is 0 Å². The van der Waals surface area contributed by atoms with Crippen molar-refractivity contribution in [1.29, 1.82) is 0 Å². The van der Waals surface area contributed by atoms with Gasteiger partial charge >= 0.3 is 0 Å². The summed E-state index contributed by atoms with van der Waals surface area (Å²) in [6, 6.07) is 13.0. The fourth-order valence-electron chi connectivity index (χ4n) is 4.99. The predicted molar refractivity (Wildman–Crippen MR) is 139 cm³/mol. The van der Waals surface area contributed by atoms with E-state index in [4.69, 9.17) is 4.74 Å². The Balaban J connectivity index is 1.70. The molecule has 1 fully saturated rings. The molecule has 0 atom stereocenters. The summed E-state index contributed by atoms with van der Waals surface area (Å²) in [5.74, 6) is -0.987. The Kier molecular flexibility index (Phi) is 8.76. The molecule has 0 saturated heterocycles. The van der Waals surface area contributed by atoms with Crippen molar-refractivity contribution in [1.82, 2.24) is 14.5 Å². The minimum absolute atomic E-state index is 0.0120. The van der Waals surface area contributed by atoms with Crippen LogP contribution in [0.4, 0.5) is 4.39 Å². The van der Waals surface area contributed by atoms with Gasteiger partial charge in [-0.15, -0.1) is 0 Å². The van der Waals surface area contributed by atoms with E-state index >= 15 is 0 Å². The van der Waals surface area contributed by atoms with Gasteiger partial charge in [-0.1, -0.05) is 55.2 Å². The zero-order chi connectivity index (χ0) is 26.4. The lowest BCUT2D eigenvalue weighted by Gasteiger charge is -2.29. The lowest BCUT2D eigenvalue weighted by Crippen LogP contribution is -2.35. The second-order valence-corrected chi connectivity index (χ2v) is 11.6. The highest BCUT2D eigenvalue weighted by Crippen LogP contribution is 2.33. The average molecular weight is 528 g/mol. The van der Waals surface area contributed by atoms with Crippen LogP contribution >= 0.6 is 0 Å². The summed E-state index contributed by atoms with van der Waals surface area (Å²) < 4.78 is 48.1. The number of aryl methyl sites for hydroxylation is 1. The summed E-state index contributed by atoms with van der Waals surface area (Å²) >= 11 is 0. The lowest BCUT2D eigenvalue weighted by atomic mass is 9.95. The first kappa shape index (κ1) is 27.0. The number of nitrogens with zero attached hydrogens (tertiary/aromatic N) is 3. The van der Waals surface area contributed by atoms with E-state index in [9.17, 15) is 17.6 Å². The predicted octanol–water partition coefficient (Wildman–Crippen LogP) is 5.10. The van der Waals surface area contributed by atoms with Crippen LogP contribution in [0.15, 0.2) is 59.9 Å². The molecule has 1 aliphatic rings. The number of halogens is 1. The number of rotatable bonds is 10. The van der Waals surface area contributed by atoms with Crippen molar-refractivity contribution >= 4 is 15.7 Å². The molecule has 0 aliphatic heterocycles. The van der Waals surface area contributed by atoms with Crippen LogP contribution in [-0.2, 0) is 26.9 Å². The van der Waals surface area contributed by atoms with Gasteiger partial charge in [0.25, 0.3) is 5.91 Å². The molecule has 1 heterocycles. The van der Waals surface area contributed by atoms with Crippen LogP contribution in [0.5, 0.6) is 0 Å². The number of imidazole rings is 1. The van der Waals surface area contributed by atoms with Crippen LogP contribution < -0.4 is 0 Å². The Morgan fingerprint density at radius 1 is 1.14 bits per heavy atom. The maximum absolute atomic E-state index is 13.8. The fourth-order valence-corrected chi connectivity index (χ4v) is 6.52. The number of aromatic nitrogens is 2. The van der Waals surface area contributed by atoms with Crippen molar-refractivity contribution in [3.05, 3.63) is 82.9 Å². The molecule has 1 saturated carbocycles. The van der Waals surface area contributed by atoms with E-state index < -0.39 is 15.7 Å². The molecule has 0 N–H and O–H groups in total. The van der Waals surface area contributed by atoms with Crippen molar-refractivity contribution < 1.29 is 22.3 Å². The molecule has 1 aliphatic carbocycles. The van der Waals surface area contributed by atoms with Crippen LogP contribution in [0.3, 0.4) is 0 Å². The van der Waals surface area contributed by atoms with Gasteiger partial charge in [-0.2, -0.15) is 0 Å². The Bertz CT molecular complexity index is 1330. The van der Waals surface area contributed by atoms with Crippen LogP contribution in [0, 0.1) is 12.7 Å². The Labute approximate surface area is 218 Å². The van der Waals surface area contributed by atoms with Gasteiger partial charge in [0.05, 0.1) is 30.8 Å². The highest BCUT2D eigenvalue weighted by Gasteiger charge is 2.30. The van der Waals surface area contributed by atoms with Crippen molar-refractivity contribution in [2.75, 3.05) is 20.3 Å². The molecule has 2 aromatic carbocycles. The summed E-state index contributed by atoms with van der Waals surface area (Å²) in [7, 11) is -2.20. The van der Waals surface area contributed by atoms with E-state index in [1.807, 2.05) is 35.8 Å². The highest BCUT2D eigenvalue weighted by molar-refractivity contribution is 7.90. The first-order valence-corrected chi connectivity index (χ1v) is 14.3. The van der Waals surface area contributed by atoms with Gasteiger partial charge in [-0.25, -0.2) is 17.8 Å². The summed E-state index contributed by atoms with van der Waals surface area (Å²) in [5, 5.41) is 0.0424. The smallest absolute Gasteiger partial charge is 0.254 e. The van der Waals surface area contributed by atoms with Crippen molar-refractivity contribution in [3.63, 3.8) is 0 Å². The molecule has 4 rings (SSSR count). The molecule has 0 bridgehead atoms. The van der Waals surface area contributed by atoms with Crippen molar-refractivity contribution in [3.8, 4) is 0 Å². The Morgan fingerprint density at radius 2 is 1.89 bits per heavy atom. The molecule has 1 amide bonds. The number of carbonyl (C=O) groups is 1. The molecule has 0 unspecified atom stereocenters. The number of carbonyl (C=O) groups excluding carboxylic acids is 1. The second-order valence-electron chi connectivity index (χ2n) is 9.67. The minimum atomic E-state index is -3.75. The highest BCUT2D eigenvalue weighted by atomic mass is 32.2. The van der Waals surface area contributed by atoms with E-state index in [1.54, 1.807) is 24.3 Å². The quantitative estimate of drug-likeness (QED) is 0.367. The fraction of sp³-hybridized carbons (Fsp3) is 0.429. The molecule has 9 heteroatoms. The number of methoxy groups -OCH3 is 1. The lowest BCUT2D eigenvalue weighted by molar-refractivity contribution is 0.0673. The third-order valence-electron chi connectivity index (χ3n) is 6.77. The van der Waals surface area contributed by atoms with Gasteiger partial charge in [0, 0.05) is 25.3 Å². The monoisotopic (exact) mass is 527 g/mol. The number of amides is 1. The summed E-state index contributed by atoms with van der Waals surface area (Å²) in [4.78, 5) is 19.3. The summed E-state index contributed by atoms with van der Waals surface area (Å²) in [6.45, 7) is 2.63. The molecule has 37 heavy (non-hydrogen) atoms. The Hall–Kier alpha value is -3.04. The second kappa shape index (κ2) is 12.0. The average Bonchev–Trinajstić information content (AvgIpc) is 3.31. The maximum atomic E-state index is 13.8. The van der Waals surface area contributed by atoms with E-state index in [0.717, 1.165) is 37.7 Å². The van der Waals surface area contributed by atoms with E-state index in [1.165, 1.54) is 18.2 Å². The number of ether oxygens (including phenoxy) is 1. The van der Waals surface area contributed by atoms with Gasteiger partial charge in [0.1, 0.15) is 5.82 Å². The maximum Gasteiger partial charge on any atom is 0.254 e. The van der Waals surface area contributed by atoms with Crippen LogP contribution in [0.1, 0.15) is 65.3 Å². The zero-order valence-corrected chi connectivity index (χ0v) is 22.2. The first-order valence-electron chi connectivity index (χ1n) is 12.7. The molecular formula is C28H34FN3O4S. The molecule has 0 radical (unpaired) electrons. The minimum Gasteiger partial charge on any atom is -0.383 e. The number of hydrogen-bond acceptors (Lipinski definition) is 5. The normalized spacial score (nSPS) is 14.6.